The van der Waals surface area contributed by atoms with Gasteiger partial charge in [0.1, 0.15) is 29.2 Å². The summed E-state index contributed by atoms with van der Waals surface area (Å²) in [6.07, 6.45) is 2.65. The van der Waals surface area contributed by atoms with E-state index in [1.54, 1.807) is 13.2 Å². The van der Waals surface area contributed by atoms with Crippen molar-refractivity contribution in [1.82, 2.24) is 20.1 Å². The van der Waals surface area contributed by atoms with E-state index in [0.717, 1.165) is 16.6 Å². The average Bonchev–Trinajstić information content (AvgIpc) is 3.11. The fraction of sp³-hybridized carbons (Fsp3) is 0.158. The normalized spacial score (nSPS) is 10.9. The molecule has 0 radical (unpaired) electrons. The van der Waals surface area contributed by atoms with Crippen LogP contribution in [0, 0.1) is 12.7 Å². The Bertz CT molecular complexity index is 1100. The number of ether oxygens (including phenoxy) is 1. The van der Waals surface area contributed by atoms with E-state index in [0.29, 0.717) is 35.1 Å². The number of nitrogens with one attached hydrogen (secondary N) is 1. The predicted molar refractivity (Wildman–Crippen MR) is 97.8 cm³/mol. The minimum absolute atomic E-state index is 0.389. The van der Waals surface area contributed by atoms with Gasteiger partial charge in [0.15, 0.2) is 5.76 Å². The lowest BCUT2D eigenvalue weighted by atomic mass is 10.1. The number of fused-ring (bicyclic) bond motifs is 1. The molecule has 27 heavy (non-hydrogen) atoms. The van der Waals surface area contributed by atoms with Gasteiger partial charge in [-0.3, -0.25) is 4.98 Å². The highest BCUT2D eigenvalue weighted by Gasteiger charge is 2.13. The maximum Gasteiger partial charge on any atom is 0.156 e. The van der Waals surface area contributed by atoms with E-state index in [-0.39, 0.29) is 5.82 Å². The third kappa shape index (κ3) is 3.41. The van der Waals surface area contributed by atoms with Crippen molar-refractivity contribution >= 4 is 16.7 Å². The summed E-state index contributed by atoms with van der Waals surface area (Å²) in [6, 6.07) is 8.55. The third-order valence-corrected chi connectivity index (χ3v) is 4.05. The van der Waals surface area contributed by atoms with Gasteiger partial charge < -0.3 is 14.6 Å². The van der Waals surface area contributed by atoms with Crippen LogP contribution in [-0.4, -0.2) is 27.2 Å². The minimum atomic E-state index is -0.389. The average molecular weight is 365 g/mol. The van der Waals surface area contributed by atoms with Crippen LogP contribution in [0.25, 0.3) is 22.2 Å². The van der Waals surface area contributed by atoms with Gasteiger partial charge in [-0.25, -0.2) is 14.4 Å². The van der Waals surface area contributed by atoms with Crippen molar-refractivity contribution in [2.75, 3.05) is 12.4 Å². The summed E-state index contributed by atoms with van der Waals surface area (Å²) in [4.78, 5) is 12.8. The van der Waals surface area contributed by atoms with Gasteiger partial charge in [0.05, 0.1) is 31.2 Å². The van der Waals surface area contributed by atoms with E-state index in [4.69, 9.17) is 9.26 Å². The number of anilines is 1. The van der Waals surface area contributed by atoms with Gasteiger partial charge in [-0.1, -0.05) is 5.16 Å². The molecule has 0 unspecified atom stereocenters. The van der Waals surface area contributed by atoms with E-state index in [2.05, 4.69) is 25.4 Å². The molecule has 0 bridgehead atoms. The zero-order chi connectivity index (χ0) is 18.8. The van der Waals surface area contributed by atoms with Crippen LogP contribution in [0.5, 0.6) is 5.75 Å². The first-order chi connectivity index (χ1) is 13.1. The van der Waals surface area contributed by atoms with Crippen LogP contribution in [0.1, 0.15) is 11.5 Å². The lowest BCUT2D eigenvalue weighted by Crippen LogP contribution is -2.02. The molecule has 0 amide bonds. The first-order valence-electron chi connectivity index (χ1n) is 8.25. The third-order valence-electron chi connectivity index (χ3n) is 4.05. The molecular weight excluding hydrogens is 349 g/mol. The Balaban J connectivity index is 1.77. The summed E-state index contributed by atoms with van der Waals surface area (Å²) in [6.45, 7) is 2.29. The lowest BCUT2D eigenvalue weighted by molar-refractivity contribution is 0.384. The molecule has 0 atom stereocenters. The Morgan fingerprint density at radius 2 is 2.04 bits per heavy atom. The van der Waals surface area contributed by atoms with Crippen LogP contribution in [0.4, 0.5) is 10.2 Å². The molecular formula is C19H16FN5O2. The van der Waals surface area contributed by atoms with E-state index in [1.165, 1.54) is 18.6 Å². The van der Waals surface area contributed by atoms with Crippen molar-refractivity contribution in [1.29, 1.82) is 0 Å². The van der Waals surface area contributed by atoms with Crippen molar-refractivity contribution in [3.05, 3.63) is 60.1 Å². The molecule has 0 fully saturated rings. The molecule has 0 spiro atoms. The van der Waals surface area contributed by atoms with Gasteiger partial charge >= 0.3 is 0 Å². The number of aromatic nitrogens is 4. The van der Waals surface area contributed by atoms with Crippen LogP contribution in [-0.2, 0) is 6.54 Å². The first kappa shape index (κ1) is 16.9. The molecule has 0 aliphatic carbocycles. The van der Waals surface area contributed by atoms with Crippen molar-refractivity contribution in [2.24, 2.45) is 0 Å². The molecule has 136 valence electrons. The number of pyridine rings is 1. The largest absolute Gasteiger partial charge is 0.494 e. The Kier molecular flexibility index (Phi) is 4.37. The minimum Gasteiger partial charge on any atom is -0.494 e. The van der Waals surface area contributed by atoms with Crippen molar-refractivity contribution in [2.45, 2.75) is 13.5 Å². The van der Waals surface area contributed by atoms with Gasteiger partial charge in [-0.15, -0.1) is 0 Å². The van der Waals surface area contributed by atoms with Gasteiger partial charge in [-0.05, 0) is 31.2 Å². The Labute approximate surface area is 154 Å². The smallest absolute Gasteiger partial charge is 0.156 e. The lowest BCUT2D eigenvalue weighted by Gasteiger charge is -2.12. The number of benzene rings is 1. The van der Waals surface area contributed by atoms with Crippen LogP contribution in [0.3, 0.4) is 0 Å². The van der Waals surface area contributed by atoms with E-state index < -0.39 is 0 Å². The monoisotopic (exact) mass is 365 g/mol. The molecule has 0 aliphatic heterocycles. The number of aryl methyl sites for hydroxylation is 1. The van der Waals surface area contributed by atoms with Gasteiger partial charge in [0.2, 0.25) is 0 Å². The Morgan fingerprint density at radius 1 is 1.15 bits per heavy atom. The molecule has 0 saturated heterocycles. The number of methoxy groups -OCH3 is 1. The number of halogens is 1. The van der Waals surface area contributed by atoms with Crippen LogP contribution < -0.4 is 10.1 Å². The Hall–Kier alpha value is -3.55. The molecule has 7 nitrogen and oxygen atoms in total. The zero-order valence-electron chi connectivity index (χ0n) is 14.7. The number of hydrogen-bond acceptors (Lipinski definition) is 7. The Morgan fingerprint density at radius 3 is 2.74 bits per heavy atom. The second kappa shape index (κ2) is 6.99. The highest BCUT2D eigenvalue weighted by molar-refractivity contribution is 5.96. The fourth-order valence-electron chi connectivity index (χ4n) is 2.80. The van der Waals surface area contributed by atoms with Crippen LogP contribution in [0.15, 0.2) is 47.4 Å². The van der Waals surface area contributed by atoms with E-state index in [1.807, 2.05) is 25.1 Å². The molecule has 0 aliphatic rings. The summed E-state index contributed by atoms with van der Waals surface area (Å²) in [7, 11) is 1.57. The number of hydrogen-bond donors (Lipinski definition) is 1. The number of rotatable bonds is 5. The molecule has 4 rings (SSSR count). The highest BCUT2D eigenvalue weighted by Crippen LogP contribution is 2.33. The molecule has 3 aromatic heterocycles. The summed E-state index contributed by atoms with van der Waals surface area (Å²) >= 11 is 0. The molecule has 1 aromatic carbocycles. The molecule has 0 saturated carbocycles. The second-order valence-corrected chi connectivity index (χ2v) is 5.95. The van der Waals surface area contributed by atoms with Crippen LogP contribution in [0.2, 0.25) is 0 Å². The first-order valence-corrected chi connectivity index (χ1v) is 8.25. The predicted octanol–water partition coefficient (Wildman–Crippen LogP) is 3.75. The molecule has 8 heteroatoms. The molecule has 1 N–H and O–H groups in total. The van der Waals surface area contributed by atoms with Crippen LogP contribution >= 0.6 is 0 Å². The summed E-state index contributed by atoms with van der Waals surface area (Å²) < 4.78 is 23.9. The van der Waals surface area contributed by atoms with Gasteiger partial charge in [-0.2, -0.15) is 0 Å². The molecule has 3 heterocycles. The van der Waals surface area contributed by atoms with Crippen molar-refractivity contribution in [3.8, 4) is 17.0 Å². The van der Waals surface area contributed by atoms with Crippen molar-refractivity contribution < 1.29 is 13.7 Å². The maximum absolute atomic E-state index is 13.2. The summed E-state index contributed by atoms with van der Waals surface area (Å²) in [5.41, 5.74) is 2.87. The highest BCUT2D eigenvalue weighted by atomic mass is 19.1. The fourth-order valence-corrected chi connectivity index (χ4v) is 2.80. The summed E-state index contributed by atoms with van der Waals surface area (Å²) in [5.74, 6) is 1.51. The van der Waals surface area contributed by atoms with E-state index in [9.17, 15) is 4.39 Å². The zero-order valence-corrected chi connectivity index (χ0v) is 14.7. The maximum atomic E-state index is 13.2. The quantitative estimate of drug-likeness (QED) is 0.576. The topological polar surface area (TPSA) is 86.0 Å². The standard InChI is InChI=1S/C19H16FN5O2/c1-11-5-14(27-25-11)9-22-19-15-6-12(16-4-3-13(20)8-21-16)7-17(26-2)18(15)23-10-24-19/h3-8,10H,9H2,1-2H3,(H,22,23,24). The second-order valence-electron chi connectivity index (χ2n) is 5.95. The van der Waals surface area contributed by atoms with Gasteiger partial charge in [0, 0.05) is 17.0 Å². The SMILES string of the molecule is COc1cc(-c2ccc(F)cn2)cc2c(NCc3cc(C)no3)ncnc12. The van der Waals surface area contributed by atoms with E-state index >= 15 is 0 Å². The molecule has 4 aromatic rings. The summed E-state index contributed by atoms with van der Waals surface area (Å²) in [5, 5.41) is 7.87. The van der Waals surface area contributed by atoms with Gasteiger partial charge in [0.25, 0.3) is 0 Å². The van der Waals surface area contributed by atoms with Crippen molar-refractivity contribution in [3.63, 3.8) is 0 Å². The number of nitrogens with zero attached hydrogens (tertiary/aromatic N) is 4.